The number of hydrogen-bond donors (Lipinski definition) is 0. The summed E-state index contributed by atoms with van der Waals surface area (Å²) in [4.78, 5) is 3.51. The predicted molar refractivity (Wildman–Crippen MR) is 23.6 cm³/mol. The van der Waals surface area contributed by atoms with Gasteiger partial charge in [0.2, 0.25) is 0 Å². The Kier molecular flexibility index (Phi) is 3.66. The van der Waals surface area contributed by atoms with E-state index in [2.05, 4.69) is 4.99 Å². The summed E-state index contributed by atoms with van der Waals surface area (Å²) in [6, 6.07) is 0. The molecule has 0 amide bonds. The molecule has 6 heavy (non-hydrogen) atoms. The van der Waals surface area contributed by atoms with E-state index in [1.165, 1.54) is 12.3 Å². The van der Waals surface area contributed by atoms with Gasteiger partial charge in [0.15, 0.2) is 0 Å². The summed E-state index contributed by atoms with van der Waals surface area (Å²) in [6.45, 7) is 0. The van der Waals surface area contributed by atoms with E-state index in [0.717, 1.165) is 0 Å². The number of hydrogen-bond acceptors (Lipinski definition) is 2. The maximum atomic E-state index is 9.42. The summed E-state index contributed by atoms with van der Waals surface area (Å²) < 4.78 is 0. The van der Waals surface area contributed by atoms with Crippen molar-refractivity contribution in [2.75, 3.05) is 7.05 Å². The van der Waals surface area contributed by atoms with E-state index in [0.29, 0.717) is 6.26 Å². The fourth-order valence-electron chi connectivity index (χ4n) is 0.121. The molecular weight excluding hydrogens is 78.0 g/mol. The Bertz CT molecular complexity index is 55.9. The Morgan fingerprint density at radius 1 is 1.67 bits per heavy atom. The average molecular weight is 84.1 g/mol. The van der Waals surface area contributed by atoms with Gasteiger partial charge in [-0.1, -0.05) is 6.08 Å². The second kappa shape index (κ2) is 4.21. The van der Waals surface area contributed by atoms with Crippen molar-refractivity contribution in [1.82, 2.24) is 0 Å². The van der Waals surface area contributed by atoms with Crippen molar-refractivity contribution in [3.63, 3.8) is 0 Å². The van der Waals surface area contributed by atoms with E-state index in [1.807, 2.05) is 0 Å². The highest BCUT2D eigenvalue weighted by molar-refractivity contribution is 5.70. The molecule has 2 heteroatoms. The molecule has 0 fully saturated rings. The van der Waals surface area contributed by atoms with Crippen LogP contribution in [0.15, 0.2) is 17.3 Å². The normalized spacial score (nSPS) is 11.5. The molecule has 0 N–H and O–H groups in total. The molecule has 0 heterocycles. The van der Waals surface area contributed by atoms with E-state index < -0.39 is 0 Å². The molecule has 0 saturated heterocycles. The maximum absolute atomic E-state index is 9.42. The van der Waals surface area contributed by atoms with Gasteiger partial charge in [-0.05, 0) is 0 Å². The fourth-order valence-corrected chi connectivity index (χ4v) is 0.121. The van der Waals surface area contributed by atoms with Crippen LogP contribution in [0.5, 0.6) is 0 Å². The second-order valence-electron chi connectivity index (χ2n) is 0.736. The first-order valence-electron chi connectivity index (χ1n) is 1.61. The van der Waals surface area contributed by atoms with Crippen molar-refractivity contribution in [2.45, 2.75) is 0 Å². The van der Waals surface area contributed by atoms with Crippen LogP contribution >= 0.6 is 0 Å². The molecule has 0 spiro atoms. The Hall–Kier alpha value is -0.790. The van der Waals surface area contributed by atoms with Crippen molar-refractivity contribution in [3.8, 4) is 0 Å². The summed E-state index contributed by atoms with van der Waals surface area (Å²) in [5.41, 5.74) is 0. The van der Waals surface area contributed by atoms with E-state index in [9.17, 15) is 5.11 Å². The quantitative estimate of drug-likeness (QED) is 0.313. The number of aliphatic imine (C=N–C) groups is 1. The molecule has 0 saturated carbocycles. The molecule has 0 aromatic carbocycles. The van der Waals surface area contributed by atoms with Gasteiger partial charge in [0.05, 0.1) is 0 Å². The molecule has 2 nitrogen and oxygen atoms in total. The van der Waals surface area contributed by atoms with Gasteiger partial charge in [0.1, 0.15) is 0 Å². The van der Waals surface area contributed by atoms with Gasteiger partial charge in [0, 0.05) is 13.3 Å². The van der Waals surface area contributed by atoms with Crippen LogP contribution in [0.1, 0.15) is 0 Å². The Morgan fingerprint density at radius 2 is 2.33 bits per heavy atom. The minimum atomic E-state index is 0.688. The van der Waals surface area contributed by atoms with Crippen LogP contribution in [-0.4, -0.2) is 13.3 Å². The standard InChI is InChI=1S/C4H7NO/c1-5-3-2-4-6/h2-4,6H,1H3/p-1/b4-2-,5-3?. The molecule has 0 rings (SSSR count). The third kappa shape index (κ3) is 3.21. The summed E-state index contributed by atoms with van der Waals surface area (Å²) in [7, 11) is 1.61. The second-order valence-corrected chi connectivity index (χ2v) is 0.736. The molecule has 0 atom stereocenters. The molecule has 0 unspecified atom stereocenters. The van der Waals surface area contributed by atoms with Crippen molar-refractivity contribution < 1.29 is 5.11 Å². The lowest BCUT2D eigenvalue weighted by molar-refractivity contribution is -0.274. The highest BCUT2D eigenvalue weighted by atomic mass is 16.2. The van der Waals surface area contributed by atoms with E-state index >= 15 is 0 Å². The largest absolute Gasteiger partial charge is 0.878 e. The molecule has 0 aromatic heterocycles. The summed E-state index contributed by atoms with van der Waals surface area (Å²) in [5, 5.41) is 9.42. The monoisotopic (exact) mass is 84.0 g/mol. The first-order valence-corrected chi connectivity index (χ1v) is 1.61. The molecular formula is C4H6NO-. The summed E-state index contributed by atoms with van der Waals surface area (Å²) in [6.07, 6.45) is 3.46. The van der Waals surface area contributed by atoms with Gasteiger partial charge in [0.25, 0.3) is 0 Å². The van der Waals surface area contributed by atoms with Gasteiger partial charge in [-0.2, -0.15) is 0 Å². The lowest BCUT2D eigenvalue weighted by Gasteiger charge is -1.78. The zero-order valence-corrected chi connectivity index (χ0v) is 3.59. The SMILES string of the molecule is CN=C/C=C\[O-]. The Morgan fingerprint density at radius 3 is 2.50 bits per heavy atom. The van der Waals surface area contributed by atoms with E-state index in [1.54, 1.807) is 7.05 Å². The maximum Gasteiger partial charge on any atom is 0.0277 e. The molecule has 0 bridgehead atoms. The van der Waals surface area contributed by atoms with Crippen molar-refractivity contribution >= 4 is 6.21 Å². The van der Waals surface area contributed by atoms with Gasteiger partial charge >= 0.3 is 0 Å². The van der Waals surface area contributed by atoms with Crippen molar-refractivity contribution in [3.05, 3.63) is 12.3 Å². The first-order chi connectivity index (χ1) is 2.91. The van der Waals surface area contributed by atoms with Crippen LogP contribution in [0, 0.1) is 0 Å². The molecule has 0 aliphatic carbocycles. The Balaban J connectivity index is 3.07. The van der Waals surface area contributed by atoms with Gasteiger partial charge in [-0.15, -0.1) is 6.26 Å². The smallest absolute Gasteiger partial charge is 0.0277 e. The summed E-state index contributed by atoms with van der Waals surface area (Å²) >= 11 is 0. The third-order valence-corrected chi connectivity index (χ3v) is 0.314. The van der Waals surface area contributed by atoms with Gasteiger partial charge in [-0.25, -0.2) is 0 Å². The lowest BCUT2D eigenvalue weighted by atomic mass is 10.7. The van der Waals surface area contributed by atoms with E-state index in [4.69, 9.17) is 0 Å². The van der Waals surface area contributed by atoms with Crippen LogP contribution in [0.2, 0.25) is 0 Å². The molecule has 0 aromatic rings. The molecule has 0 aliphatic heterocycles. The van der Waals surface area contributed by atoms with Gasteiger partial charge in [-0.3, -0.25) is 4.99 Å². The van der Waals surface area contributed by atoms with Crippen LogP contribution in [0.3, 0.4) is 0 Å². The van der Waals surface area contributed by atoms with E-state index in [-0.39, 0.29) is 0 Å². The van der Waals surface area contributed by atoms with Crippen LogP contribution in [0.25, 0.3) is 0 Å². The zero-order valence-electron chi connectivity index (χ0n) is 3.59. The predicted octanol–water partition coefficient (Wildman–Crippen LogP) is -0.439. The number of nitrogens with zero attached hydrogens (tertiary/aromatic N) is 1. The number of allylic oxidation sites excluding steroid dienone is 1. The number of rotatable bonds is 1. The fraction of sp³-hybridized carbons (Fsp3) is 0.250. The molecule has 0 radical (unpaired) electrons. The first kappa shape index (κ1) is 5.21. The summed E-state index contributed by atoms with van der Waals surface area (Å²) in [5.74, 6) is 0. The molecule has 0 aliphatic rings. The van der Waals surface area contributed by atoms with Crippen LogP contribution in [-0.2, 0) is 0 Å². The lowest BCUT2D eigenvalue weighted by Crippen LogP contribution is -1.83. The van der Waals surface area contributed by atoms with Crippen molar-refractivity contribution in [2.24, 2.45) is 4.99 Å². The minimum Gasteiger partial charge on any atom is -0.878 e. The van der Waals surface area contributed by atoms with Crippen LogP contribution < -0.4 is 5.11 Å². The average Bonchev–Trinajstić information content (AvgIpc) is 1.61. The third-order valence-electron chi connectivity index (χ3n) is 0.314. The highest BCUT2D eigenvalue weighted by Gasteiger charge is 1.44. The van der Waals surface area contributed by atoms with Crippen LogP contribution in [0.4, 0.5) is 0 Å². The zero-order chi connectivity index (χ0) is 4.83. The topological polar surface area (TPSA) is 35.4 Å². The van der Waals surface area contributed by atoms with Crippen molar-refractivity contribution in [1.29, 1.82) is 0 Å². The highest BCUT2D eigenvalue weighted by Crippen LogP contribution is 1.53. The minimum absolute atomic E-state index is 0.688. The Labute approximate surface area is 36.8 Å². The molecule has 34 valence electrons. The van der Waals surface area contributed by atoms with Gasteiger partial charge < -0.3 is 5.11 Å².